The third kappa shape index (κ3) is 4.09. The maximum atomic E-state index is 11.4. The van der Waals surface area contributed by atoms with Gasteiger partial charge >= 0.3 is 5.97 Å². The number of aryl methyl sites for hydroxylation is 2. The monoisotopic (exact) mass is 261 g/mol. The van der Waals surface area contributed by atoms with Crippen molar-refractivity contribution < 1.29 is 14.7 Å². The molecule has 4 nitrogen and oxygen atoms in total. The van der Waals surface area contributed by atoms with Crippen LogP contribution in [0.15, 0.2) is 18.2 Å². The summed E-state index contributed by atoms with van der Waals surface area (Å²) in [5, 5.41) is 11.3. The number of fused-ring (bicyclic) bond motifs is 1. The first-order valence-corrected chi connectivity index (χ1v) is 6.74. The maximum Gasteiger partial charge on any atom is 0.303 e. The Balaban J connectivity index is 1.86. The van der Waals surface area contributed by atoms with Gasteiger partial charge in [-0.2, -0.15) is 0 Å². The van der Waals surface area contributed by atoms with Crippen LogP contribution < -0.4 is 5.32 Å². The Morgan fingerprint density at radius 1 is 1.11 bits per heavy atom. The number of carbonyl (C=O) groups is 2. The Morgan fingerprint density at radius 3 is 2.58 bits per heavy atom. The van der Waals surface area contributed by atoms with Crippen molar-refractivity contribution >= 4 is 11.9 Å². The predicted octanol–water partition coefficient (Wildman–Crippen LogP) is 2.05. The van der Waals surface area contributed by atoms with Gasteiger partial charge in [0.2, 0.25) is 5.91 Å². The molecule has 1 aromatic carbocycles. The molecule has 0 bridgehead atoms. The summed E-state index contributed by atoms with van der Waals surface area (Å²) in [5.41, 5.74) is 3.90. The minimum atomic E-state index is -0.941. The zero-order valence-corrected chi connectivity index (χ0v) is 10.9. The summed E-state index contributed by atoms with van der Waals surface area (Å²) in [4.78, 5) is 21.8. The third-order valence-electron chi connectivity index (χ3n) is 3.47. The van der Waals surface area contributed by atoms with E-state index in [4.69, 9.17) is 5.11 Å². The van der Waals surface area contributed by atoms with Crippen LogP contribution in [0.4, 0.5) is 0 Å². The SMILES string of the molecule is O=C(O)CCC(=O)NCc1ccc2c(c1)CCCC2. The summed E-state index contributed by atoms with van der Waals surface area (Å²) in [7, 11) is 0. The topological polar surface area (TPSA) is 66.4 Å². The molecule has 1 aromatic rings. The van der Waals surface area contributed by atoms with Crippen molar-refractivity contribution in [3.05, 3.63) is 34.9 Å². The van der Waals surface area contributed by atoms with Crippen LogP contribution in [-0.2, 0) is 29.0 Å². The van der Waals surface area contributed by atoms with E-state index in [2.05, 4.69) is 17.4 Å². The van der Waals surface area contributed by atoms with Crippen molar-refractivity contribution in [3.63, 3.8) is 0 Å². The number of benzene rings is 1. The highest BCUT2D eigenvalue weighted by Crippen LogP contribution is 2.22. The van der Waals surface area contributed by atoms with E-state index < -0.39 is 5.97 Å². The predicted molar refractivity (Wildman–Crippen MR) is 71.8 cm³/mol. The van der Waals surface area contributed by atoms with Crippen LogP contribution in [0, 0.1) is 0 Å². The average Bonchev–Trinajstić information content (AvgIpc) is 2.42. The molecule has 2 N–H and O–H groups in total. The Labute approximate surface area is 112 Å². The Kier molecular flexibility index (Phi) is 4.55. The van der Waals surface area contributed by atoms with Gasteiger partial charge in [-0.15, -0.1) is 0 Å². The summed E-state index contributed by atoms with van der Waals surface area (Å²) in [5.74, 6) is -1.15. The number of carboxylic acid groups (broad SMARTS) is 1. The van der Waals surface area contributed by atoms with Crippen molar-refractivity contribution in [2.45, 2.75) is 45.1 Å². The van der Waals surface area contributed by atoms with Crippen LogP contribution in [0.1, 0.15) is 42.4 Å². The van der Waals surface area contributed by atoms with Gasteiger partial charge in [0.25, 0.3) is 0 Å². The fourth-order valence-corrected chi connectivity index (χ4v) is 2.41. The molecule has 2 rings (SSSR count). The van der Waals surface area contributed by atoms with Crippen LogP contribution >= 0.6 is 0 Å². The molecule has 0 radical (unpaired) electrons. The molecule has 1 aliphatic rings. The summed E-state index contributed by atoms with van der Waals surface area (Å²) in [6, 6.07) is 6.35. The maximum absolute atomic E-state index is 11.4. The number of nitrogens with one attached hydrogen (secondary N) is 1. The van der Waals surface area contributed by atoms with Gasteiger partial charge in [-0.05, 0) is 42.4 Å². The molecule has 19 heavy (non-hydrogen) atoms. The van der Waals surface area contributed by atoms with Crippen LogP contribution in [0.5, 0.6) is 0 Å². The molecule has 0 spiro atoms. The van der Waals surface area contributed by atoms with Crippen LogP contribution in [0.2, 0.25) is 0 Å². The van der Waals surface area contributed by atoms with E-state index in [9.17, 15) is 9.59 Å². The minimum Gasteiger partial charge on any atom is -0.481 e. The average molecular weight is 261 g/mol. The van der Waals surface area contributed by atoms with Gasteiger partial charge in [0, 0.05) is 13.0 Å². The molecule has 0 saturated carbocycles. The van der Waals surface area contributed by atoms with Crippen molar-refractivity contribution in [3.8, 4) is 0 Å². The van der Waals surface area contributed by atoms with Gasteiger partial charge in [-0.25, -0.2) is 0 Å². The summed E-state index contributed by atoms with van der Waals surface area (Å²) < 4.78 is 0. The molecule has 0 fully saturated rings. The summed E-state index contributed by atoms with van der Waals surface area (Å²) in [6.45, 7) is 0.478. The van der Waals surface area contributed by atoms with Gasteiger partial charge < -0.3 is 10.4 Å². The first-order chi connectivity index (χ1) is 9.15. The zero-order chi connectivity index (χ0) is 13.7. The van der Waals surface area contributed by atoms with E-state index in [1.807, 2.05) is 6.07 Å². The van der Waals surface area contributed by atoms with Crippen LogP contribution in [0.3, 0.4) is 0 Å². The van der Waals surface area contributed by atoms with Gasteiger partial charge in [0.1, 0.15) is 0 Å². The zero-order valence-electron chi connectivity index (χ0n) is 10.9. The second kappa shape index (κ2) is 6.36. The largest absolute Gasteiger partial charge is 0.481 e. The Bertz CT molecular complexity index is 482. The number of rotatable bonds is 5. The lowest BCUT2D eigenvalue weighted by Gasteiger charge is -2.16. The van der Waals surface area contributed by atoms with E-state index in [1.165, 1.54) is 24.0 Å². The van der Waals surface area contributed by atoms with E-state index in [-0.39, 0.29) is 18.7 Å². The normalized spacial score (nSPS) is 13.7. The number of aliphatic carboxylic acids is 1. The lowest BCUT2D eigenvalue weighted by atomic mass is 9.90. The quantitative estimate of drug-likeness (QED) is 0.852. The molecular weight excluding hydrogens is 242 g/mol. The van der Waals surface area contributed by atoms with Crippen LogP contribution in [-0.4, -0.2) is 17.0 Å². The van der Waals surface area contributed by atoms with Gasteiger partial charge in [0.05, 0.1) is 6.42 Å². The van der Waals surface area contributed by atoms with E-state index in [1.54, 1.807) is 0 Å². The molecule has 0 saturated heterocycles. The fraction of sp³-hybridized carbons (Fsp3) is 0.467. The summed E-state index contributed by atoms with van der Waals surface area (Å²) in [6.07, 6.45) is 4.70. The van der Waals surface area contributed by atoms with Crippen molar-refractivity contribution in [1.29, 1.82) is 0 Å². The molecule has 0 heterocycles. The lowest BCUT2D eigenvalue weighted by molar-refractivity contribution is -0.138. The molecule has 102 valence electrons. The number of hydrogen-bond acceptors (Lipinski definition) is 2. The summed E-state index contributed by atoms with van der Waals surface area (Å²) >= 11 is 0. The van der Waals surface area contributed by atoms with Crippen molar-refractivity contribution in [2.75, 3.05) is 0 Å². The Morgan fingerprint density at radius 2 is 1.84 bits per heavy atom. The van der Waals surface area contributed by atoms with Gasteiger partial charge in [-0.1, -0.05) is 18.2 Å². The number of hydrogen-bond donors (Lipinski definition) is 2. The van der Waals surface area contributed by atoms with Gasteiger partial charge in [0.15, 0.2) is 0 Å². The third-order valence-corrected chi connectivity index (χ3v) is 3.47. The highest BCUT2D eigenvalue weighted by Gasteiger charge is 2.10. The minimum absolute atomic E-state index is 0.0419. The molecule has 0 atom stereocenters. The second-order valence-electron chi connectivity index (χ2n) is 4.98. The standard InChI is InChI=1S/C15H19NO3/c17-14(7-8-15(18)19)16-10-11-5-6-12-3-1-2-4-13(12)9-11/h5-6,9H,1-4,7-8,10H2,(H,16,17)(H,18,19). The highest BCUT2D eigenvalue weighted by atomic mass is 16.4. The Hall–Kier alpha value is -1.84. The van der Waals surface area contributed by atoms with Gasteiger partial charge in [-0.3, -0.25) is 9.59 Å². The molecule has 4 heteroatoms. The van der Waals surface area contributed by atoms with E-state index in [0.29, 0.717) is 6.54 Å². The molecule has 0 aromatic heterocycles. The van der Waals surface area contributed by atoms with E-state index >= 15 is 0 Å². The first kappa shape index (κ1) is 13.6. The number of amides is 1. The fourth-order valence-electron chi connectivity index (χ4n) is 2.41. The van der Waals surface area contributed by atoms with Crippen molar-refractivity contribution in [2.24, 2.45) is 0 Å². The second-order valence-corrected chi connectivity index (χ2v) is 4.98. The van der Waals surface area contributed by atoms with Crippen molar-refractivity contribution in [1.82, 2.24) is 5.32 Å². The number of carbonyl (C=O) groups excluding carboxylic acids is 1. The molecule has 0 aliphatic heterocycles. The highest BCUT2D eigenvalue weighted by molar-refractivity contribution is 5.80. The smallest absolute Gasteiger partial charge is 0.303 e. The van der Waals surface area contributed by atoms with E-state index in [0.717, 1.165) is 18.4 Å². The first-order valence-electron chi connectivity index (χ1n) is 6.74. The molecule has 0 unspecified atom stereocenters. The van der Waals surface area contributed by atoms with Crippen LogP contribution in [0.25, 0.3) is 0 Å². The lowest BCUT2D eigenvalue weighted by Crippen LogP contribution is -2.23. The molecule has 1 aliphatic carbocycles. The number of carboxylic acids is 1. The molecular formula is C15H19NO3. The molecule has 1 amide bonds.